The van der Waals surface area contributed by atoms with Crippen molar-refractivity contribution in [2.24, 2.45) is 0 Å². The van der Waals surface area contributed by atoms with Gasteiger partial charge in [0.05, 0.1) is 15.8 Å². The Bertz CT molecular complexity index is 857. The fourth-order valence-electron chi connectivity index (χ4n) is 2.98. The molecule has 8 heteroatoms. The third kappa shape index (κ3) is 5.32. The largest absolute Gasteiger partial charge is 0.480 e. The van der Waals surface area contributed by atoms with Crippen LogP contribution < -0.4 is 15.0 Å². The number of halogens is 3. The van der Waals surface area contributed by atoms with Gasteiger partial charge in [0, 0.05) is 36.2 Å². The summed E-state index contributed by atoms with van der Waals surface area (Å²) in [6.07, 6.45) is -0.697. The van der Waals surface area contributed by atoms with Crippen molar-refractivity contribution >= 4 is 56.4 Å². The van der Waals surface area contributed by atoms with Gasteiger partial charge in [0.1, 0.15) is 5.75 Å². The van der Waals surface area contributed by atoms with Gasteiger partial charge in [-0.3, -0.25) is 4.79 Å². The molecule has 1 N–H and O–H groups in total. The fraction of sp³-hybridized carbons (Fsp3) is 0.350. The number of benzene rings is 2. The number of likely N-dealkylation sites (N-methyl/N-ethyl adjacent to an activating group) is 1. The number of amides is 1. The number of piperazine rings is 1. The predicted molar refractivity (Wildman–Crippen MR) is 119 cm³/mol. The monoisotopic (exact) mass is 485 g/mol. The Labute approximate surface area is 183 Å². The van der Waals surface area contributed by atoms with E-state index in [1.807, 2.05) is 12.1 Å². The molecule has 0 spiro atoms. The summed E-state index contributed by atoms with van der Waals surface area (Å²) in [6, 6.07) is 10.7. The summed E-state index contributed by atoms with van der Waals surface area (Å²) in [6.45, 7) is 5.44. The highest BCUT2D eigenvalue weighted by molar-refractivity contribution is 9.10. The summed E-state index contributed by atoms with van der Waals surface area (Å²) < 4.78 is 6.49. The van der Waals surface area contributed by atoms with Crippen molar-refractivity contribution in [2.75, 3.05) is 43.4 Å². The van der Waals surface area contributed by atoms with Crippen molar-refractivity contribution in [1.29, 1.82) is 0 Å². The van der Waals surface area contributed by atoms with Crippen LogP contribution in [0.1, 0.15) is 6.92 Å². The molecule has 28 heavy (non-hydrogen) atoms. The molecule has 1 aliphatic rings. The lowest BCUT2D eigenvalue weighted by atomic mass is 10.2. The van der Waals surface area contributed by atoms with Crippen LogP contribution in [-0.4, -0.2) is 50.1 Å². The van der Waals surface area contributed by atoms with Gasteiger partial charge in [0.25, 0.3) is 5.91 Å². The molecular formula is C20H22BrCl2N3O2. The lowest BCUT2D eigenvalue weighted by molar-refractivity contribution is -0.122. The smallest absolute Gasteiger partial charge is 0.265 e. The number of nitrogens with one attached hydrogen (secondary N) is 1. The van der Waals surface area contributed by atoms with Crippen LogP contribution in [0, 0.1) is 0 Å². The van der Waals surface area contributed by atoms with Crippen LogP contribution in [-0.2, 0) is 4.79 Å². The van der Waals surface area contributed by atoms with E-state index in [0.29, 0.717) is 26.0 Å². The third-order valence-electron chi connectivity index (χ3n) is 4.63. The van der Waals surface area contributed by atoms with Crippen LogP contribution in [0.15, 0.2) is 40.9 Å². The minimum atomic E-state index is -0.697. The van der Waals surface area contributed by atoms with E-state index in [1.54, 1.807) is 31.2 Å². The Kier molecular flexibility index (Phi) is 7.10. The first-order valence-electron chi connectivity index (χ1n) is 8.99. The molecule has 0 aliphatic carbocycles. The highest BCUT2D eigenvalue weighted by Crippen LogP contribution is 2.31. The molecular weight excluding hydrogens is 465 g/mol. The second-order valence-corrected chi connectivity index (χ2v) is 8.50. The summed E-state index contributed by atoms with van der Waals surface area (Å²) >= 11 is 15.5. The highest BCUT2D eigenvalue weighted by atomic mass is 79.9. The van der Waals surface area contributed by atoms with Crippen molar-refractivity contribution in [3.05, 3.63) is 50.9 Å². The van der Waals surface area contributed by atoms with Crippen LogP contribution in [0.4, 0.5) is 11.4 Å². The van der Waals surface area contributed by atoms with Gasteiger partial charge in [-0.2, -0.15) is 0 Å². The van der Waals surface area contributed by atoms with Gasteiger partial charge in [-0.15, -0.1) is 0 Å². The van der Waals surface area contributed by atoms with E-state index in [1.165, 1.54) is 0 Å². The van der Waals surface area contributed by atoms with E-state index in [4.69, 9.17) is 27.9 Å². The molecule has 1 unspecified atom stereocenters. The molecule has 1 fully saturated rings. The number of rotatable bonds is 5. The molecule has 1 amide bonds. The Morgan fingerprint density at radius 1 is 1.11 bits per heavy atom. The first kappa shape index (κ1) is 21.2. The van der Waals surface area contributed by atoms with Crippen molar-refractivity contribution in [3.8, 4) is 5.75 Å². The van der Waals surface area contributed by atoms with Gasteiger partial charge in [-0.1, -0.05) is 23.2 Å². The first-order valence-corrected chi connectivity index (χ1v) is 10.5. The minimum Gasteiger partial charge on any atom is -0.480 e. The van der Waals surface area contributed by atoms with Gasteiger partial charge in [-0.05, 0) is 66.3 Å². The quantitative estimate of drug-likeness (QED) is 0.651. The number of carbonyl (C=O) groups is 1. The van der Waals surface area contributed by atoms with Crippen LogP contribution >= 0.6 is 39.1 Å². The number of ether oxygens (including phenoxy) is 1. The first-order chi connectivity index (χ1) is 13.3. The van der Waals surface area contributed by atoms with Gasteiger partial charge >= 0.3 is 0 Å². The van der Waals surface area contributed by atoms with Crippen molar-refractivity contribution < 1.29 is 9.53 Å². The lowest BCUT2D eigenvalue weighted by Crippen LogP contribution is -2.44. The second-order valence-electron chi connectivity index (χ2n) is 6.78. The normalized spacial score (nSPS) is 16.0. The van der Waals surface area contributed by atoms with E-state index in [2.05, 4.69) is 38.1 Å². The molecule has 1 saturated heterocycles. The van der Waals surface area contributed by atoms with Crippen LogP contribution in [0.3, 0.4) is 0 Å². The van der Waals surface area contributed by atoms with Gasteiger partial charge in [-0.25, -0.2) is 0 Å². The second kappa shape index (κ2) is 9.35. The molecule has 1 atom stereocenters. The van der Waals surface area contributed by atoms with Crippen molar-refractivity contribution in [3.63, 3.8) is 0 Å². The lowest BCUT2D eigenvalue weighted by Gasteiger charge is -2.35. The number of hydrogen-bond acceptors (Lipinski definition) is 4. The van der Waals surface area contributed by atoms with E-state index < -0.39 is 6.10 Å². The Hall–Kier alpha value is -1.47. The van der Waals surface area contributed by atoms with Crippen LogP contribution in [0.25, 0.3) is 0 Å². The molecule has 150 valence electrons. The summed E-state index contributed by atoms with van der Waals surface area (Å²) in [4.78, 5) is 17.3. The van der Waals surface area contributed by atoms with Crippen LogP contribution in [0.5, 0.6) is 5.75 Å². The maximum Gasteiger partial charge on any atom is 0.265 e. The average Bonchev–Trinajstić information content (AvgIpc) is 2.65. The number of carbonyl (C=O) groups excluding carboxylic acids is 1. The van der Waals surface area contributed by atoms with E-state index in [0.717, 1.165) is 31.9 Å². The standard InChI is InChI=1S/C20H22BrCl2N3O2/c1-13(28-19-6-4-14(22)11-16(19)21)20(27)24-17-12-15(23)3-5-18(17)26-9-7-25(2)8-10-26/h3-6,11-13H,7-10H2,1-2H3,(H,24,27). The summed E-state index contributed by atoms with van der Waals surface area (Å²) in [5.74, 6) is 0.303. The molecule has 1 heterocycles. The number of hydrogen-bond donors (Lipinski definition) is 1. The van der Waals surface area contributed by atoms with E-state index in [9.17, 15) is 4.79 Å². The molecule has 0 aromatic heterocycles. The molecule has 1 aliphatic heterocycles. The summed E-state index contributed by atoms with van der Waals surface area (Å²) in [5.41, 5.74) is 1.65. The maximum atomic E-state index is 12.7. The van der Waals surface area contributed by atoms with Crippen molar-refractivity contribution in [1.82, 2.24) is 4.90 Å². The average molecular weight is 487 g/mol. The zero-order valence-corrected chi connectivity index (χ0v) is 18.8. The molecule has 5 nitrogen and oxygen atoms in total. The summed E-state index contributed by atoms with van der Waals surface area (Å²) in [5, 5.41) is 4.13. The highest BCUT2D eigenvalue weighted by Gasteiger charge is 2.21. The molecule has 2 aromatic rings. The molecule has 3 rings (SSSR count). The van der Waals surface area contributed by atoms with Gasteiger partial charge in [0.2, 0.25) is 0 Å². The van der Waals surface area contributed by atoms with Crippen LogP contribution in [0.2, 0.25) is 10.0 Å². The maximum absolute atomic E-state index is 12.7. The van der Waals surface area contributed by atoms with E-state index >= 15 is 0 Å². The molecule has 0 saturated carbocycles. The summed E-state index contributed by atoms with van der Waals surface area (Å²) in [7, 11) is 2.11. The van der Waals surface area contributed by atoms with E-state index in [-0.39, 0.29) is 5.91 Å². The topological polar surface area (TPSA) is 44.8 Å². The molecule has 0 bridgehead atoms. The number of anilines is 2. The predicted octanol–water partition coefficient (Wildman–Crippen LogP) is 4.91. The zero-order chi connectivity index (χ0) is 20.3. The Balaban J connectivity index is 1.73. The van der Waals surface area contributed by atoms with Gasteiger partial charge in [0.15, 0.2) is 6.10 Å². The zero-order valence-electron chi connectivity index (χ0n) is 15.7. The third-order valence-corrected chi connectivity index (χ3v) is 5.72. The molecule has 2 aromatic carbocycles. The number of nitrogens with zero attached hydrogens (tertiary/aromatic N) is 2. The fourth-order valence-corrected chi connectivity index (χ4v) is 3.93. The SMILES string of the molecule is CC(Oc1ccc(Cl)cc1Br)C(=O)Nc1cc(Cl)ccc1N1CCN(C)CC1. The van der Waals surface area contributed by atoms with Crippen molar-refractivity contribution in [2.45, 2.75) is 13.0 Å². The van der Waals surface area contributed by atoms with Gasteiger partial charge < -0.3 is 19.9 Å². The minimum absolute atomic E-state index is 0.250. The Morgan fingerprint density at radius 2 is 1.75 bits per heavy atom. The molecule has 0 radical (unpaired) electrons. The Morgan fingerprint density at radius 3 is 2.43 bits per heavy atom.